The summed E-state index contributed by atoms with van der Waals surface area (Å²) in [6, 6.07) is 14.2. The number of fused-ring (bicyclic) bond motifs is 1. The largest absolute Gasteiger partial charge is 0.0654 e. The second-order valence-corrected chi connectivity index (χ2v) is 7.20. The number of hydrogen-bond donors (Lipinski definition) is 0. The predicted molar refractivity (Wildman–Crippen MR) is 97.6 cm³/mol. The van der Waals surface area contributed by atoms with Crippen LogP contribution in [0.15, 0.2) is 36.4 Å². The van der Waals surface area contributed by atoms with Gasteiger partial charge >= 0.3 is 0 Å². The van der Waals surface area contributed by atoms with Crippen LogP contribution in [0.2, 0.25) is 0 Å². The summed E-state index contributed by atoms with van der Waals surface area (Å²) >= 11 is 0. The van der Waals surface area contributed by atoms with Crippen LogP contribution in [-0.4, -0.2) is 0 Å². The molecule has 0 amide bonds. The van der Waals surface area contributed by atoms with Gasteiger partial charge in [0, 0.05) is 0 Å². The van der Waals surface area contributed by atoms with Crippen molar-refractivity contribution in [2.45, 2.75) is 71.1 Å². The number of benzene rings is 2. The molecule has 0 radical (unpaired) electrons. The van der Waals surface area contributed by atoms with Crippen molar-refractivity contribution in [3.63, 3.8) is 0 Å². The quantitative estimate of drug-likeness (QED) is 0.564. The zero-order valence-electron chi connectivity index (χ0n) is 14.3. The molecule has 0 atom stereocenters. The highest BCUT2D eigenvalue weighted by Gasteiger charge is 2.21. The van der Waals surface area contributed by atoms with Crippen molar-refractivity contribution in [3.05, 3.63) is 47.5 Å². The van der Waals surface area contributed by atoms with Gasteiger partial charge in [-0.25, -0.2) is 0 Å². The van der Waals surface area contributed by atoms with Gasteiger partial charge in [-0.05, 0) is 65.8 Å². The SMILES string of the molecule is CCCc1ccc2cc(C3CCC(CCC)CC3)ccc2c1. The molecule has 0 unspecified atom stereocenters. The molecule has 0 heteroatoms. The molecule has 0 aromatic heterocycles. The maximum Gasteiger partial charge on any atom is -0.0162 e. The lowest BCUT2D eigenvalue weighted by Crippen LogP contribution is -2.13. The van der Waals surface area contributed by atoms with E-state index in [1.54, 1.807) is 5.56 Å². The van der Waals surface area contributed by atoms with E-state index in [1.165, 1.54) is 67.7 Å². The first-order chi connectivity index (χ1) is 10.8. The molecule has 0 saturated heterocycles. The molecule has 0 spiro atoms. The summed E-state index contributed by atoms with van der Waals surface area (Å²) in [7, 11) is 0. The van der Waals surface area contributed by atoms with Gasteiger partial charge in [-0.2, -0.15) is 0 Å². The fourth-order valence-electron chi connectivity index (χ4n) is 4.20. The van der Waals surface area contributed by atoms with Crippen LogP contribution in [0.4, 0.5) is 0 Å². The van der Waals surface area contributed by atoms with Crippen LogP contribution in [0.25, 0.3) is 10.8 Å². The number of rotatable bonds is 5. The van der Waals surface area contributed by atoms with E-state index in [9.17, 15) is 0 Å². The molecule has 3 rings (SSSR count). The maximum atomic E-state index is 2.45. The summed E-state index contributed by atoms with van der Waals surface area (Å²) in [6.45, 7) is 4.57. The molecule has 118 valence electrons. The molecule has 1 fully saturated rings. The molecule has 1 saturated carbocycles. The summed E-state index contributed by atoms with van der Waals surface area (Å²) in [4.78, 5) is 0. The molecule has 0 aliphatic heterocycles. The van der Waals surface area contributed by atoms with Gasteiger partial charge < -0.3 is 0 Å². The highest BCUT2D eigenvalue weighted by atomic mass is 14.3. The number of aryl methyl sites for hydroxylation is 1. The lowest BCUT2D eigenvalue weighted by Gasteiger charge is -2.28. The second-order valence-electron chi connectivity index (χ2n) is 7.20. The van der Waals surface area contributed by atoms with E-state index in [-0.39, 0.29) is 0 Å². The minimum absolute atomic E-state index is 0.799. The van der Waals surface area contributed by atoms with Crippen LogP contribution in [0.1, 0.15) is 75.8 Å². The van der Waals surface area contributed by atoms with Crippen molar-refractivity contribution in [1.29, 1.82) is 0 Å². The highest BCUT2D eigenvalue weighted by Crippen LogP contribution is 2.38. The average molecular weight is 294 g/mol. The fourth-order valence-corrected chi connectivity index (χ4v) is 4.20. The van der Waals surface area contributed by atoms with Gasteiger partial charge in [0.05, 0.1) is 0 Å². The molecule has 0 heterocycles. The first kappa shape index (κ1) is 15.6. The van der Waals surface area contributed by atoms with Crippen molar-refractivity contribution in [3.8, 4) is 0 Å². The minimum atomic E-state index is 0.799. The van der Waals surface area contributed by atoms with Gasteiger partial charge in [0.2, 0.25) is 0 Å². The van der Waals surface area contributed by atoms with E-state index in [1.807, 2.05) is 0 Å². The summed E-state index contributed by atoms with van der Waals surface area (Å²) in [6.07, 6.45) is 10.9. The lowest BCUT2D eigenvalue weighted by atomic mass is 9.77. The zero-order valence-corrected chi connectivity index (χ0v) is 14.3. The summed E-state index contributed by atoms with van der Waals surface area (Å²) in [5, 5.41) is 2.84. The van der Waals surface area contributed by atoms with Crippen molar-refractivity contribution in [2.24, 2.45) is 5.92 Å². The highest BCUT2D eigenvalue weighted by molar-refractivity contribution is 5.84. The Kier molecular flexibility index (Phi) is 5.18. The van der Waals surface area contributed by atoms with Gasteiger partial charge in [0.15, 0.2) is 0 Å². The van der Waals surface area contributed by atoms with Crippen molar-refractivity contribution in [2.75, 3.05) is 0 Å². The second kappa shape index (κ2) is 7.31. The molecule has 0 N–H and O–H groups in total. The van der Waals surface area contributed by atoms with Crippen LogP contribution in [0.3, 0.4) is 0 Å². The normalized spacial score (nSPS) is 22.1. The van der Waals surface area contributed by atoms with Crippen LogP contribution in [0, 0.1) is 5.92 Å². The molecule has 2 aromatic rings. The monoisotopic (exact) mass is 294 g/mol. The first-order valence-electron chi connectivity index (χ1n) is 9.32. The summed E-state index contributed by atoms with van der Waals surface area (Å²) < 4.78 is 0. The molecule has 0 nitrogen and oxygen atoms in total. The van der Waals surface area contributed by atoms with Crippen LogP contribution < -0.4 is 0 Å². The fraction of sp³-hybridized carbons (Fsp3) is 0.545. The van der Waals surface area contributed by atoms with Crippen LogP contribution >= 0.6 is 0 Å². The standard InChI is InChI=1S/C22H30/c1-3-5-17-7-10-19(11-8-17)21-14-13-20-15-18(6-4-2)9-12-22(20)16-21/h9,12-17,19H,3-8,10-11H2,1-2H3. The smallest absolute Gasteiger partial charge is 0.0162 e. The van der Waals surface area contributed by atoms with E-state index in [2.05, 4.69) is 50.2 Å². The predicted octanol–water partition coefficient (Wildman–Crippen LogP) is 6.87. The zero-order chi connectivity index (χ0) is 15.4. The van der Waals surface area contributed by atoms with E-state index < -0.39 is 0 Å². The Bertz CT molecular complexity index is 602. The third kappa shape index (κ3) is 3.54. The first-order valence-corrected chi connectivity index (χ1v) is 9.32. The molecule has 1 aliphatic carbocycles. The molecule has 2 aromatic carbocycles. The van der Waals surface area contributed by atoms with Gasteiger partial charge in [0.25, 0.3) is 0 Å². The topological polar surface area (TPSA) is 0 Å². The van der Waals surface area contributed by atoms with Crippen LogP contribution in [0.5, 0.6) is 0 Å². The molecule has 0 bridgehead atoms. The van der Waals surface area contributed by atoms with Crippen molar-refractivity contribution in [1.82, 2.24) is 0 Å². The van der Waals surface area contributed by atoms with E-state index in [0.717, 1.165) is 11.8 Å². The Labute approximate surface area is 135 Å². The Morgan fingerprint density at radius 1 is 0.818 bits per heavy atom. The maximum absolute atomic E-state index is 2.45. The Balaban J connectivity index is 1.74. The molecule has 22 heavy (non-hydrogen) atoms. The van der Waals surface area contributed by atoms with Gasteiger partial charge in [-0.1, -0.05) is 69.5 Å². The minimum Gasteiger partial charge on any atom is -0.0654 e. The number of hydrogen-bond acceptors (Lipinski definition) is 0. The molecule has 1 aliphatic rings. The van der Waals surface area contributed by atoms with Gasteiger partial charge in [-0.15, -0.1) is 0 Å². The third-order valence-electron chi connectivity index (χ3n) is 5.48. The van der Waals surface area contributed by atoms with Crippen molar-refractivity contribution < 1.29 is 0 Å². The van der Waals surface area contributed by atoms with Crippen LogP contribution in [-0.2, 0) is 6.42 Å². The third-order valence-corrected chi connectivity index (χ3v) is 5.48. The van der Waals surface area contributed by atoms with Gasteiger partial charge in [-0.3, -0.25) is 0 Å². The van der Waals surface area contributed by atoms with E-state index >= 15 is 0 Å². The van der Waals surface area contributed by atoms with E-state index in [4.69, 9.17) is 0 Å². The summed E-state index contributed by atoms with van der Waals surface area (Å²) in [5.41, 5.74) is 3.05. The Hall–Kier alpha value is -1.30. The molecular weight excluding hydrogens is 264 g/mol. The summed E-state index contributed by atoms with van der Waals surface area (Å²) in [5.74, 6) is 1.80. The van der Waals surface area contributed by atoms with Crippen molar-refractivity contribution >= 4 is 10.8 Å². The average Bonchev–Trinajstić information content (AvgIpc) is 2.56. The Morgan fingerprint density at radius 3 is 2.27 bits per heavy atom. The molecular formula is C22H30. The van der Waals surface area contributed by atoms with E-state index in [0.29, 0.717) is 0 Å². The Morgan fingerprint density at radius 2 is 1.55 bits per heavy atom. The van der Waals surface area contributed by atoms with Gasteiger partial charge in [0.1, 0.15) is 0 Å². The lowest BCUT2D eigenvalue weighted by molar-refractivity contribution is 0.308.